The van der Waals surface area contributed by atoms with Crippen LogP contribution in [0.25, 0.3) is 0 Å². The normalized spacial score (nSPS) is 11.1. The van der Waals surface area contributed by atoms with Crippen molar-refractivity contribution >= 4 is 6.72 Å². The van der Waals surface area contributed by atoms with Crippen LogP contribution in [0, 0.1) is 0 Å². The van der Waals surface area contributed by atoms with E-state index in [0.717, 1.165) is 6.42 Å². The molecule has 44 valence electrons. The molecular weight excluding hydrogens is 98.1 g/mol. The largest absolute Gasteiger partial charge is 0.273 e. The van der Waals surface area contributed by atoms with Gasteiger partial charge in [0.25, 0.3) is 0 Å². The molecule has 0 N–H and O–H groups in total. The topological polar surface area (TPSA) is 12.4 Å². The summed E-state index contributed by atoms with van der Waals surface area (Å²) < 4.78 is 0. The van der Waals surface area contributed by atoms with Crippen LogP contribution in [0.4, 0.5) is 0 Å². The predicted octanol–water partition coefficient (Wildman–Crippen LogP) is 2.17. The molecule has 0 aromatic carbocycles. The van der Waals surface area contributed by atoms with Crippen LogP contribution in [0.15, 0.2) is 29.4 Å². The molecule has 0 atom stereocenters. The molecular formula is C7H11N. The summed E-state index contributed by atoms with van der Waals surface area (Å²) in [7, 11) is 0. The van der Waals surface area contributed by atoms with Crippen molar-refractivity contribution in [2.24, 2.45) is 4.99 Å². The van der Waals surface area contributed by atoms with Gasteiger partial charge in [0.05, 0.1) is 0 Å². The third-order valence-corrected chi connectivity index (χ3v) is 0.674. The van der Waals surface area contributed by atoms with Crippen LogP contribution in [0.3, 0.4) is 0 Å². The Morgan fingerprint density at radius 2 is 2.25 bits per heavy atom. The molecule has 0 spiro atoms. The third-order valence-electron chi connectivity index (χ3n) is 0.674. The molecule has 0 saturated heterocycles. The smallest absolute Gasteiger partial charge is 0.0260 e. The van der Waals surface area contributed by atoms with Gasteiger partial charge >= 0.3 is 0 Å². The molecule has 0 bridgehead atoms. The van der Waals surface area contributed by atoms with E-state index in [-0.39, 0.29) is 0 Å². The van der Waals surface area contributed by atoms with Crippen molar-refractivity contribution in [3.63, 3.8) is 0 Å². The van der Waals surface area contributed by atoms with Crippen LogP contribution in [0.2, 0.25) is 0 Å². The van der Waals surface area contributed by atoms with Crippen molar-refractivity contribution in [2.75, 3.05) is 0 Å². The molecule has 8 heavy (non-hydrogen) atoms. The molecule has 0 aromatic rings. The molecule has 0 heterocycles. The second-order valence-corrected chi connectivity index (χ2v) is 1.36. The lowest BCUT2D eigenvalue weighted by Crippen LogP contribution is -1.50. The Kier molecular flexibility index (Phi) is 5.50. The highest BCUT2D eigenvalue weighted by atomic mass is 14.6. The van der Waals surface area contributed by atoms with Gasteiger partial charge in [0.15, 0.2) is 0 Å². The zero-order valence-corrected chi connectivity index (χ0v) is 5.17. The van der Waals surface area contributed by atoms with Crippen LogP contribution in [0.5, 0.6) is 0 Å². The lowest BCUT2D eigenvalue weighted by atomic mass is 10.4. The summed E-state index contributed by atoms with van der Waals surface area (Å²) in [5.41, 5.74) is 0. The second-order valence-electron chi connectivity index (χ2n) is 1.36. The van der Waals surface area contributed by atoms with E-state index in [1.807, 2.05) is 12.2 Å². The van der Waals surface area contributed by atoms with Gasteiger partial charge in [-0.1, -0.05) is 19.1 Å². The van der Waals surface area contributed by atoms with Crippen LogP contribution >= 0.6 is 0 Å². The lowest BCUT2D eigenvalue weighted by molar-refractivity contribution is 1.22. The van der Waals surface area contributed by atoms with Crippen LogP contribution < -0.4 is 0 Å². The Balaban J connectivity index is 3.26. The summed E-state index contributed by atoms with van der Waals surface area (Å²) in [4.78, 5) is 3.53. The molecule has 1 nitrogen and oxygen atoms in total. The number of nitrogens with zero attached hydrogens (tertiary/aromatic N) is 1. The average Bonchev–Trinajstić information content (AvgIpc) is 1.81. The van der Waals surface area contributed by atoms with Crippen molar-refractivity contribution in [3.05, 3.63) is 24.4 Å². The van der Waals surface area contributed by atoms with Gasteiger partial charge in [-0.2, -0.15) is 0 Å². The Morgan fingerprint density at radius 3 is 2.75 bits per heavy atom. The SMILES string of the molecule is C=NC=CC=CCC. The molecule has 0 fully saturated rings. The Morgan fingerprint density at radius 1 is 1.50 bits per heavy atom. The highest BCUT2D eigenvalue weighted by molar-refractivity contribution is 5.26. The minimum Gasteiger partial charge on any atom is -0.273 e. The van der Waals surface area contributed by atoms with Gasteiger partial charge in [0.2, 0.25) is 0 Å². The molecule has 0 aliphatic carbocycles. The van der Waals surface area contributed by atoms with Crippen LogP contribution in [-0.4, -0.2) is 6.72 Å². The summed E-state index contributed by atoms with van der Waals surface area (Å²) in [5.74, 6) is 0. The summed E-state index contributed by atoms with van der Waals surface area (Å²) >= 11 is 0. The molecule has 0 aliphatic rings. The summed E-state index contributed by atoms with van der Waals surface area (Å²) in [6, 6.07) is 0. The first-order valence-electron chi connectivity index (χ1n) is 2.69. The van der Waals surface area contributed by atoms with Gasteiger partial charge in [-0.15, -0.1) is 0 Å². The van der Waals surface area contributed by atoms with E-state index >= 15 is 0 Å². The van der Waals surface area contributed by atoms with Crippen molar-refractivity contribution in [2.45, 2.75) is 13.3 Å². The maximum absolute atomic E-state index is 3.53. The van der Waals surface area contributed by atoms with Gasteiger partial charge in [0, 0.05) is 6.20 Å². The molecule has 0 unspecified atom stereocenters. The maximum Gasteiger partial charge on any atom is 0.0260 e. The van der Waals surface area contributed by atoms with E-state index in [2.05, 4.69) is 24.7 Å². The van der Waals surface area contributed by atoms with E-state index in [1.165, 1.54) is 0 Å². The molecule has 0 aromatic heterocycles. The number of hydrogen-bond donors (Lipinski definition) is 0. The fourth-order valence-electron chi connectivity index (χ4n) is 0.325. The number of allylic oxidation sites excluding steroid dienone is 3. The minimum absolute atomic E-state index is 1.07. The Labute approximate surface area is 50.4 Å². The van der Waals surface area contributed by atoms with Gasteiger partial charge < -0.3 is 0 Å². The predicted molar refractivity (Wildman–Crippen MR) is 38.1 cm³/mol. The zero-order chi connectivity index (χ0) is 6.24. The lowest BCUT2D eigenvalue weighted by Gasteiger charge is -1.71. The average molecular weight is 109 g/mol. The summed E-state index contributed by atoms with van der Waals surface area (Å²) in [5, 5.41) is 0. The second kappa shape index (κ2) is 6.15. The molecule has 0 aliphatic heterocycles. The van der Waals surface area contributed by atoms with Gasteiger partial charge in [0.1, 0.15) is 0 Å². The molecule has 0 saturated carbocycles. The van der Waals surface area contributed by atoms with E-state index in [0.29, 0.717) is 0 Å². The van der Waals surface area contributed by atoms with Gasteiger partial charge in [-0.05, 0) is 19.2 Å². The highest BCUT2D eigenvalue weighted by Crippen LogP contribution is 1.80. The zero-order valence-electron chi connectivity index (χ0n) is 5.17. The minimum atomic E-state index is 1.07. The highest BCUT2D eigenvalue weighted by Gasteiger charge is 1.59. The van der Waals surface area contributed by atoms with Crippen molar-refractivity contribution in [1.29, 1.82) is 0 Å². The Bertz CT molecular complexity index is 101. The molecule has 1 heteroatoms. The number of hydrogen-bond acceptors (Lipinski definition) is 1. The first-order chi connectivity index (χ1) is 3.91. The number of rotatable bonds is 3. The Hall–Kier alpha value is -0.850. The first-order valence-corrected chi connectivity index (χ1v) is 2.69. The molecule has 0 amide bonds. The van der Waals surface area contributed by atoms with Gasteiger partial charge in [-0.25, -0.2) is 0 Å². The van der Waals surface area contributed by atoms with Crippen molar-refractivity contribution < 1.29 is 0 Å². The summed E-state index contributed by atoms with van der Waals surface area (Å²) in [6.45, 7) is 5.38. The molecule has 0 radical (unpaired) electrons. The van der Waals surface area contributed by atoms with E-state index in [4.69, 9.17) is 0 Å². The monoisotopic (exact) mass is 109 g/mol. The van der Waals surface area contributed by atoms with Crippen LogP contribution in [0.1, 0.15) is 13.3 Å². The quantitative estimate of drug-likeness (QED) is 0.389. The van der Waals surface area contributed by atoms with Crippen LogP contribution in [-0.2, 0) is 0 Å². The fourth-order valence-corrected chi connectivity index (χ4v) is 0.325. The fraction of sp³-hybridized carbons (Fsp3) is 0.286. The van der Waals surface area contributed by atoms with E-state index < -0.39 is 0 Å². The summed E-state index contributed by atoms with van der Waals surface area (Å²) in [6.07, 6.45) is 8.60. The number of aliphatic imine (C=N–C) groups is 1. The van der Waals surface area contributed by atoms with Crippen molar-refractivity contribution in [1.82, 2.24) is 0 Å². The molecule has 0 rings (SSSR count). The van der Waals surface area contributed by atoms with E-state index in [1.54, 1.807) is 6.20 Å². The van der Waals surface area contributed by atoms with Crippen molar-refractivity contribution in [3.8, 4) is 0 Å². The van der Waals surface area contributed by atoms with Gasteiger partial charge in [-0.3, -0.25) is 4.99 Å². The maximum atomic E-state index is 3.53. The standard InChI is InChI=1S/C7H11N/c1-3-4-5-6-7-8-2/h4-7H,2-3H2,1H3. The third kappa shape index (κ3) is 5.15. The first kappa shape index (κ1) is 7.15. The van der Waals surface area contributed by atoms with E-state index in [9.17, 15) is 0 Å².